The monoisotopic (exact) mass is 366 g/mol. The molecule has 21 heavy (non-hydrogen) atoms. The van der Waals surface area contributed by atoms with Gasteiger partial charge in [-0.15, -0.1) is 0 Å². The number of hydrogen-bond donors (Lipinski definition) is 1. The van der Waals surface area contributed by atoms with Crippen LogP contribution in [0.5, 0.6) is 11.6 Å². The first-order chi connectivity index (χ1) is 10.0. The zero-order valence-electron chi connectivity index (χ0n) is 11.0. The minimum atomic E-state index is -0.472. The summed E-state index contributed by atoms with van der Waals surface area (Å²) in [5.74, 6) is -0.105. The molecule has 108 valence electrons. The Morgan fingerprint density at radius 1 is 1.33 bits per heavy atom. The molecule has 0 atom stereocenters. The molecule has 1 aliphatic carbocycles. The molecule has 0 radical (unpaired) electrons. The van der Waals surface area contributed by atoms with Gasteiger partial charge in [-0.1, -0.05) is 28.1 Å². The minimum Gasteiger partial charge on any atom is -0.435 e. The van der Waals surface area contributed by atoms with Crippen molar-refractivity contribution < 1.29 is 9.13 Å². The summed E-state index contributed by atoms with van der Waals surface area (Å²) in [6.07, 6.45) is 2.91. The third-order valence-corrected chi connectivity index (χ3v) is 4.10. The quantitative estimate of drug-likeness (QED) is 0.836. The predicted octanol–water partition coefficient (Wildman–Crippen LogP) is 3.90. The summed E-state index contributed by atoms with van der Waals surface area (Å²) in [7, 11) is 0. The van der Waals surface area contributed by atoms with Crippen LogP contribution in [0, 0.1) is 5.82 Å². The highest BCUT2D eigenvalue weighted by Gasteiger charge is 2.19. The number of halogens is 2. The number of thiocarbonyl (C=S) groups is 1. The van der Waals surface area contributed by atoms with Crippen LogP contribution in [0.1, 0.15) is 23.2 Å². The summed E-state index contributed by atoms with van der Waals surface area (Å²) in [4.78, 5) is 4.66. The molecule has 1 aromatic carbocycles. The van der Waals surface area contributed by atoms with E-state index >= 15 is 0 Å². The van der Waals surface area contributed by atoms with Gasteiger partial charge < -0.3 is 10.5 Å². The summed E-state index contributed by atoms with van der Waals surface area (Å²) in [6.45, 7) is 0. The first kappa shape index (κ1) is 14.4. The largest absolute Gasteiger partial charge is 0.435 e. The van der Waals surface area contributed by atoms with E-state index in [4.69, 9.17) is 22.7 Å². The topological polar surface area (TPSA) is 48.1 Å². The fraction of sp³-hybridized carbons (Fsp3) is 0.200. The Morgan fingerprint density at radius 3 is 2.86 bits per heavy atom. The van der Waals surface area contributed by atoms with E-state index in [0.29, 0.717) is 10.0 Å². The van der Waals surface area contributed by atoms with E-state index in [9.17, 15) is 4.39 Å². The molecule has 2 N–H and O–H groups in total. The number of hydrogen-bond acceptors (Lipinski definition) is 3. The average Bonchev–Trinajstić information content (AvgIpc) is 2.88. The third-order valence-electron chi connectivity index (χ3n) is 3.38. The van der Waals surface area contributed by atoms with E-state index in [0.717, 1.165) is 30.5 Å². The van der Waals surface area contributed by atoms with E-state index in [2.05, 4.69) is 20.9 Å². The molecule has 0 bridgehead atoms. The molecule has 0 spiro atoms. The summed E-state index contributed by atoms with van der Waals surface area (Å²) < 4.78 is 20.1. The summed E-state index contributed by atoms with van der Waals surface area (Å²) >= 11 is 8.26. The summed E-state index contributed by atoms with van der Waals surface area (Å²) in [6, 6.07) is 6.48. The number of aromatic nitrogens is 1. The summed E-state index contributed by atoms with van der Waals surface area (Å²) in [5, 5.41) is 0. The molecule has 0 aliphatic heterocycles. The lowest BCUT2D eigenvalue weighted by Gasteiger charge is -2.12. The number of rotatable bonds is 3. The molecule has 0 fully saturated rings. The van der Waals surface area contributed by atoms with Crippen LogP contribution in [0.2, 0.25) is 0 Å². The Morgan fingerprint density at radius 2 is 2.14 bits per heavy atom. The number of benzene rings is 1. The van der Waals surface area contributed by atoms with Gasteiger partial charge in [0.2, 0.25) is 5.88 Å². The molecule has 3 rings (SSSR count). The van der Waals surface area contributed by atoms with Crippen LogP contribution in [-0.2, 0) is 12.8 Å². The van der Waals surface area contributed by atoms with E-state index in [1.165, 1.54) is 12.1 Å². The highest BCUT2D eigenvalue weighted by Crippen LogP contribution is 2.31. The lowest BCUT2D eigenvalue weighted by molar-refractivity contribution is 0.425. The molecule has 0 saturated carbocycles. The SMILES string of the molecule is NC(=S)c1cc2c(nc1Oc1ccc(Br)cc1F)CCC2. The molecule has 1 heterocycles. The molecule has 0 saturated heterocycles. The maximum atomic E-state index is 13.9. The van der Waals surface area contributed by atoms with E-state index in [-0.39, 0.29) is 16.6 Å². The third kappa shape index (κ3) is 2.91. The van der Waals surface area contributed by atoms with E-state index < -0.39 is 5.82 Å². The molecule has 0 amide bonds. The second-order valence-electron chi connectivity index (χ2n) is 4.84. The lowest BCUT2D eigenvalue weighted by Crippen LogP contribution is -2.13. The van der Waals surface area contributed by atoms with Gasteiger partial charge in [-0.05, 0) is 49.1 Å². The van der Waals surface area contributed by atoms with Crippen molar-refractivity contribution in [3.05, 3.63) is 51.4 Å². The van der Waals surface area contributed by atoms with Gasteiger partial charge in [0.15, 0.2) is 11.6 Å². The van der Waals surface area contributed by atoms with Crippen molar-refractivity contribution in [1.82, 2.24) is 4.98 Å². The van der Waals surface area contributed by atoms with Crippen molar-refractivity contribution >= 4 is 33.1 Å². The van der Waals surface area contributed by atoms with Crippen LogP contribution in [0.4, 0.5) is 4.39 Å². The fourth-order valence-corrected chi connectivity index (χ4v) is 2.85. The Balaban J connectivity index is 2.03. The minimum absolute atomic E-state index is 0.0983. The van der Waals surface area contributed by atoms with Crippen LogP contribution in [0.25, 0.3) is 0 Å². The number of pyridine rings is 1. The smallest absolute Gasteiger partial charge is 0.229 e. The molecule has 3 nitrogen and oxygen atoms in total. The molecule has 1 aliphatic rings. The number of nitrogens with two attached hydrogens (primary N) is 1. The highest BCUT2D eigenvalue weighted by atomic mass is 79.9. The van der Waals surface area contributed by atoms with Gasteiger partial charge in [-0.25, -0.2) is 9.37 Å². The molecule has 6 heteroatoms. The van der Waals surface area contributed by atoms with Crippen molar-refractivity contribution in [2.75, 3.05) is 0 Å². The first-order valence-corrected chi connectivity index (χ1v) is 7.70. The predicted molar refractivity (Wildman–Crippen MR) is 86.3 cm³/mol. The van der Waals surface area contributed by atoms with Gasteiger partial charge in [0.25, 0.3) is 0 Å². The molecular formula is C15H12BrFN2OS. The number of ether oxygens (including phenoxy) is 1. The Labute approximate surface area is 135 Å². The number of aryl methyl sites for hydroxylation is 2. The van der Waals surface area contributed by atoms with Gasteiger partial charge in [-0.2, -0.15) is 0 Å². The van der Waals surface area contributed by atoms with Crippen LogP contribution in [-0.4, -0.2) is 9.97 Å². The standard InChI is InChI=1S/C15H12BrFN2OS/c16-9-4-5-13(11(17)7-9)20-15-10(14(18)21)6-8-2-1-3-12(8)19-15/h4-7H,1-3H2,(H2,18,21). The number of fused-ring (bicyclic) bond motifs is 1. The summed E-state index contributed by atoms with van der Waals surface area (Å²) in [5.41, 5.74) is 8.40. The maximum Gasteiger partial charge on any atom is 0.229 e. The Hall–Kier alpha value is -1.53. The van der Waals surface area contributed by atoms with Gasteiger partial charge in [0, 0.05) is 10.2 Å². The second kappa shape index (κ2) is 5.69. The van der Waals surface area contributed by atoms with Crippen molar-refractivity contribution in [3.63, 3.8) is 0 Å². The van der Waals surface area contributed by atoms with Crippen molar-refractivity contribution in [3.8, 4) is 11.6 Å². The zero-order chi connectivity index (χ0) is 15.0. The van der Waals surface area contributed by atoms with Crippen LogP contribution in [0.3, 0.4) is 0 Å². The van der Waals surface area contributed by atoms with Crippen molar-refractivity contribution in [1.29, 1.82) is 0 Å². The Bertz CT molecular complexity index is 736. The fourth-order valence-electron chi connectivity index (χ4n) is 2.37. The van der Waals surface area contributed by atoms with Crippen LogP contribution < -0.4 is 10.5 Å². The molecule has 1 aromatic heterocycles. The van der Waals surface area contributed by atoms with Crippen molar-refractivity contribution in [2.24, 2.45) is 5.73 Å². The first-order valence-electron chi connectivity index (χ1n) is 6.50. The second-order valence-corrected chi connectivity index (χ2v) is 6.20. The molecule has 2 aromatic rings. The highest BCUT2D eigenvalue weighted by molar-refractivity contribution is 9.10. The average molecular weight is 367 g/mol. The molecule has 0 unspecified atom stereocenters. The normalized spacial score (nSPS) is 13.0. The van der Waals surface area contributed by atoms with E-state index in [1.807, 2.05) is 6.07 Å². The van der Waals surface area contributed by atoms with Gasteiger partial charge in [0.1, 0.15) is 4.99 Å². The van der Waals surface area contributed by atoms with Gasteiger partial charge in [0.05, 0.1) is 5.56 Å². The Kier molecular flexibility index (Phi) is 3.91. The van der Waals surface area contributed by atoms with E-state index in [1.54, 1.807) is 6.07 Å². The number of nitrogens with zero attached hydrogens (tertiary/aromatic N) is 1. The molecular weight excluding hydrogens is 355 g/mol. The van der Waals surface area contributed by atoms with Gasteiger partial charge in [-0.3, -0.25) is 0 Å². The maximum absolute atomic E-state index is 13.9. The lowest BCUT2D eigenvalue weighted by atomic mass is 10.1. The van der Waals surface area contributed by atoms with Gasteiger partial charge >= 0.3 is 0 Å². The van der Waals surface area contributed by atoms with Crippen LogP contribution >= 0.6 is 28.1 Å². The zero-order valence-corrected chi connectivity index (χ0v) is 13.4. The van der Waals surface area contributed by atoms with Crippen LogP contribution in [0.15, 0.2) is 28.7 Å². The van der Waals surface area contributed by atoms with Crippen molar-refractivity contribution in [2.45, 2.75) is 19.3 Å².